The van der Waals surface area contributed by atoms with Crippen LogP contribution in [0.3, 0.4) is 0 Å². The van der Waals surface area contributed by atoms with Crippen molar-refractivity contribution in [1.29, 1.82) is 0 Å². The number of rotatable bonds is 5. The van der Waals surface area contributed by atoms with Gasteiger partial charge in [0.1, 0.15) is 0 Å². The Bertz CT molecular complexity index is 963. The highest BCUT2D eigenvalue weighted by Gasteiger charge is 2.28. The Balaban J connectivity index is 1.39. The van der Waals surface area contributed by atoms with Crippen molar-refractivity contribution in [3.05, 3.63) is 28.3 Å². The zero-order chi connectivity index (χ0) is 19.1. The van der Waals surface area contributed by atoms with E-state index in [1.807, 2.05) is 0 Å². The molecule has 1 atom stereocenters. The van der Waals surface area contributed by atoms with E-state index in [0.29, 0.717) is 19.1 Å². The summed E-state index contributed by atoms with van der Waals surface area (Å²) in [4.78, 5) is 4.25. The number of anilines is 2. The number of H-pyrrole nitrogens is 1. The summed E-state index contributed by atoms with van der Waals surface area (Å²) < 4.78 is 30.9. The van der Waals surface area contributed by atoms with Crippen LogP contribution in [0, 0.1) is 0 Å². The summed E-state index contributed by atoms with van der Waals surface area (Å²) in [7, 11) is -3.59. The highest BCUT2D eigenvalue weighted by atomic mass is 32.2. The first-order chi connectivity index (χ1) is 13.6. The lowest BCUT2D eigenvalue weighted by atomic mass is 9.99. The van der Waals surface area contributed by atoms with E-state index in [4.69, 9.17) is 4.74 Å². The number of fused-ring (bicyclic) bond motifs is 2. The molecule has 28 heavy (non-hydrogen) atoms. The van der Waals surface area contributed by atoms with Crippen molar-refractivity contribution in [3.63, 3.8) is 0 Å². The normalized spacial score (nSPS) is 21.5. The van der Waals surface area contributed by atoms with Gasteiger partial charge in [-0.3, -0.25) is 0 Å². The van der Waals surface area contributed by atoms with Crippen molar-refractivity contribution in [1.82, 2.24) is 20.5 Å². The second-order valence-corrected chi connectivity index (χ2v) is 9.75. The van der Waals surface area contributed by atoms with Crippen LogP contribution < -0.4 is 10.6 Å². The van der Waals surface area contributed by atoms with Gasteiger partial charge < -0.3 is 15.4 Å². The average Bonchev–Trinajstić information content (AvgIpc) is 3.42. The number of hydrogen-bond donors (Lipinski definition) is 3. The third kappa shape index (κ3) is 3.31. The number of benzene rings is 1. The number of hydrogen-bond acceptors (Lipinski definition) is 7. The highest BCUT2D eigenvalue weighted by Crippen LogP contribution is 2.39. The molecule has 9 heteroatoms. The number of aromatic nitrogens is 3. The van der Waals surface area contributed by atoms with Crippen molar-refractivity contribution < 1.29 is 13.2 Å². The van der Waals surface area contributed by atoms with Gasteiger partial charge in [0.15, 0.2) is 0 Å². The largest absolute Gasteiger partial charge is 0.375 e. The molecule has 0 bridgehead atoms. The summed E-state index contributed by atoms with van der Waals surface area (Å²) in [5.74, 6) is 0.209. The molecule has 3 N–H and O–H groups in total. The summed E-state index contributed by atoms with van der Waals surface area (Å²) in [6.45, 7) is 1.80. The fourth-order valence-corrected chi connectivity index (χ4v) is 5.84. The lowest BCUT2D eigenvalue weighted by Gasteiger charge is -2.22. The second-order valence-electron chi connectivity index (χ2n) is 7.80. The van der Waals surface area contributed by atoms with Gasteiger partial charge in [0.25, 0.3) is 0 Å². The molecule has 2 aromatic rings. The Kier molecular flexibility index (Phi) is 4.60. The molecule has 2 aliphatic carbocycles. The van der Waals surface area contributed by atoms with Crippen LogP contribution in [0.25, 0.3) is 0 Å². The maximum absolute atomic E-state index is 12.7. The van der Waals surface area contributed by atoms with Crippen LogP contribution in [0.2, 0.25) is 0 Å². The van der Waals surface area contributed by atoms with Crippen LogP contribution in [0.15, 0.2) is 11.2 Å². The van der Waals surface area contributed by atoms with E-state index in [1.54, 1.807) is 0 Å². The Morgan fingerprint density at radius 2 is 1.89 bits per heavy atom. The molecule has 2 heterocycles. The number of ether oxygens (including phenoxy) is 1. The zero-order valence-corrected chi connectivity index (χ0v) is 16.6. The van der Waals surface area contributed by atoms with Gasteiger partial charge in [0.2, 0.25) is 20.9 Å². The molecule has 0 spiro atoms. The van der Waals surface area contributed by atoms with Gasteiger partial charge in [-0.05, 0) is 60.8 Å². The summed E-state index contributed by atoms with van der Waals surface area (Å²) in [6.07, 6.45) is 6.28. The molecule has 0 saturated carbocycles. The van der Waals surface area contributed by atoms with Crippen LogP contribution in [0.1, 0.15) is 35.1 Å². The summed E-state index contributed by atoms with van der Waals surface area (Å²) in [5.41, 5.74) is 6.61. The fourth-order valence-electron chi connectivity index (χ4n) is 4.57. The van der Waals surface area contributed by atoms with E-state index >= 15 is 0 Å². The maximum atomic E-state index is 12.7. The second kappa shape index (κ2) is 7.13. The van der Waals surface area contributed by atoms with Gasteiger partial charge in [-0.15, -0.1) is 5.10 Å². The minimum atomic E-state index is -3.59. The van der Waals surface area contributed by atoms with E-state index in [-0.39, 0.29) is 17.0 Å². The van der Waals surface area contributed by atoms with Gasteiger partial charge in [0, 0.05) is 18.8 Å². The molecule has 1 saturated heterocycles. The smallest absolute Gasteiger partial charge is 0.247 e. The molecule has 0 radical (unpaired) electrons. The van der Waals surface area contributed by atoms with Crippen LogP contribution in [0.5, 0.6) is 0 Å². The van der Waals surface area contributed by atoms with Crippen LogP contribution >= 0.6 is 0 Å². The molecule has 150 valence electrons. The van der Waals surface area contributed by atoms with E-state index in [0.717, 1.165) is 50.8 Å². The van der Waals surface area contributed by atoms with Crippen LogP contribution in [-0.2, 0) is 40.3 Å². The first kappa shape index (κ1) is 18.1. The summed E-state index contributed by atoms with van der Waals surface area (Å²) >= 11 is 0. The van der Waals surface area contributed by atoms with Crippen LogP contribution in [-0.4, -0.2) is 55.2 Å². The topological polar surface area (TPSA) is 109 Å². The van der Waals surface area contributed by atoms with Crippen molar-refractivity contribution in [3.8, 4) is 0 Å². The zero-order valence-electron chi connectivity index (χ0n) is 15.8. The Morgan fingerprint density at radius 1 is 1.14 bits per heavy atom. The average molecular weight is 404 g/mol. The highest BCUT2D eigenvalue weighted by molar-refractivity contribution is 7.91. The van der Waals surface area contributed by atoms with Gasteiger partial charge >= 0.3 is 0 Å². The van der Waals surface area contributed by atoms with E-state index < -0.39 is 9.84 Å². The van der Waals surface area contributed by atoms with Crippen molar-refractivity contribution in [2.24, 2.45) is 0 Å². The van der Waals surface area contributed by atoms with Gasteiger partial charge in [-0.25, -0.2) is 13.5 Å². The van der Waals surface area contributed by atoms with Crippen molar-refractivity contribution >= 4 is 21.5 Å². The van der Waals surface area contributed by atoms with E-state index in [2.05, 4.69) is 31.9 Å². The Hall–Kier alpha value is -1.97. The van der Waals surface area contributed by atoms with Crippen LogP contribution in [0.4, 0.5) is 11.6 Å². The van der Waals surface area contributed by atoms with E-state index in [9.17, 15) is 8.42 Å². The molecule has 1 aliphatic heterocycles. The minimum Gasteiger partial charge on any atom is -0.375 e. The summed E-state index contributed by atoms with van der Waals surface area (Å²) in [5, 5.41) is 13.1. The van der Waals surface area contributed by atoms with Crippen molar-refractivity contribution in [2.45, 2.75) is 49.8 Å². The SMILES string of the molecule is O=S(=O)(CC1CNCCO1)c1nc(Nc2c3c(cc4c2CCC4)CCC3)n[nH]1. The van der Waals surface area contributed by atoms with Crippen molar-refractivity contribution in [2.75, 3.05) is 30.8 Å². The molecular weight excluding hydrogens is 378 g/mol. The quantitative estimate of drug-likeness (QED) is 0.690. The molecule has 1 unspecified atom stereocenters. The number of aromatic amines is 1. The molecule has 8 nitrogen and oxygen atoms in total. The standard InChI is InChI=1S/C19H25N5O3S/c25-28(26,11-14-10-20-7-8-27-14)19-22-18(23-24-19)21-17-15-5-1-3-12(15)9-13-4-2-6-16(13)17/h9,14,20H,1-8,10-11H2,(H2,21,22,23,24). The molecule has 1 aromatic carbocycles. The Labute approximate surface area is 164 Å². The lowest BCUT2D eigenvalue weighted by Crippen LogP contribution is -2.42. The Morgan fingerprint density at radius 3 is 2.57 bits per heavy atom. The number of sulfone groups is 1. The maximum Gasteiger partial charge on any atom is 0.247 e. The van der Waals surface area contributed by atoms with E-state index in [1.165, 1.54) is 22.3 Å². The third-order valence-electron chi connectivity index (χ3n) is 5.88. The monoisotopic (exact) mass is 403 g/mol. The van der Waals surface area contributed by atoms with Gasteiger partial charge in [0.05, 0.1) is 18.5 Å². The first-order valence-electron chi connectivity index (χ1n) is 10.0. The molecule has 5 rings (SSSR count). The number of aryl methyl sites for hydroxylation is 2. The van der Waals surface area contributed by atoms with Gasteiger partial charge in [-0.1, -0.05) is 6.07 Å². The minimum absolute atomic E-state index is 0.103. The molecule has 1 fully saturated rings. The molecular formula is C19H25N5O3S. The molecule has 3 aliphatic rings. The van der Waals surface area contributed by atoms with Gasteiger partial charge in [-0.2, -0.15) is 4.98 Å². The number of morpholine rings is 1. The third-order valence-corrected chi connectivity index (χ3v) is 7.46. The molecule has 1 aromatic heterocycles. The summed E-state index contributed by atoms with van der Waals surface area (Å²) in [6, 6.07) is 2.36. The predicted octanol–water partition coefficient (Wildman–Crippen LogP) is 1.29. The predicted molar refractivity (Wildman–Crippen MR) is 105 cm³/mol. The fraction of sp³-hybridized carbons (Fsp3) is 0.579. The first-order valence-corrected chi connectivity index (χ1v) is 11.7. The lowest BCUT2D eigenvalue weighted by molar-refractivity contribution is 0.0429. The number of nitrogens with one attached hydrogen (secondary N) is 3. The molecule has 0 amide bonds. The number of nitrogens with zero attached hydrogens (tertiary/aromatic N) is 2.